The van der Waals surface area contributed by atoms with Crippen LogP contribution >= 0.6 is 0 Å². The first kappa shape index (κ1) is 16.7. The Morgan fingerprint density at radius 1 is 1.00 bits per heavy atom. The van der Waals surface area contributed by atoms with E-state index < -0.39 is 0 Å². The molecule has 0 unspecified atom stereocenters. The van der Waals surface area contributed by atoms with E-state index >= 15 is 0 Å². The Balaban J connectivity index is 2.28. The zero-order valence-corrected chi connectivity index (χ0v) is 13.7. The Kier molecular flexibility index (Phi) is 5.47. The minimum absolute atomic E-state index is 0.229. The summed E-state index contributed by atoms with van der Waals surface area (Å²) in [6.45, 7) is 4.05. The van der Waals surface area contributed by atoms with Crippen LogP contribution in [0.5, 0.6) is 17.2 Å². The average molecular weight is 310 g/mol. The number of methoxy groups -OCH3 is 1. The third-order valence-corrected chi connectivity index (χ3v) is 3.50. The van der Waals surface area contributed by atoms with E-state index in [2.05, 4.69) is 6.08 Å². The summed E-state index contributed by atoms with van der Waals surface area (Å²) in [5.41, 5.74) is 3.81. The van der Waals surface area contributed by atoms with E-state index in [1.807, 2.05) is 44.2 Å². The van der Waals surface area contributed by atoms with Gasteiger partial charge in [-0.15, -0.1) is 0 Å². The Hall–Kier alpha value is -2.68. The molecular formula is C20H22O3. The van der Waals surface area contributed by atoms with E-state index in [9.17, 15) is 10.2 Å². The van der Waals surface area contributed by atoms with E-state index in [0.29, 0.717) is 12.2 Å². The Bertz CT molecular complexity index is 721. The summed E-state index contributed by atoms with van der Waals surface area (Å²) in [4.78, 5) is 0. The van der Waals surface area contributed by atoms with E-state index in [1.165, 1.54) is 5.57 Å². The number of benzene rings is 2. The third kappa shape index (κ3) is 4.65. The van der Waals surface area contributed by atoms with Gasteiger partial charge in [-0.2, -0.15) is 0 Å². The first-order valence-corrected chi connectivity index (χ1v) is 7.50. The first-order chi connectivity index (χ1) is 11.0. The largest absolute Gasteiger partial charge is 0.508 e. The molecule has 0 bridgehead atoms. The normalized spacial score (nSPS) is 10.7. The van der Waals surface area contributed by atoms with Gasteiger partial charge in [0.2, 0.25) is 0 Å². The summed E-state index contributed by atoms with van der Waals surface area (Å²) in [5.74, 6) is 1.14. The number of phenolic OH excluding ortho intramolecular Hbond substituents is 2. The predicted molar refractivity (Wildman–Crippen MR) is 94.8 cm³/mol. The average Bonchev–Trinajstić information content (AvgIpc) is 2.52. The molecule has 3 nitrogen and oxygen atoms in total. The number of hydrogen-bond acceptors (Lipinski definition) is 3. The van der Waals surface area contributed by atoms with Crippen molar-refractivity contribution in [2.24, 2.45) is 0 Å². The quantitative estimate of drug-likeness (QED) is 0.617. The highest BCUT2D eigenvalue weighted by Gasteiger charge is 2.09. The summed E-state index contributed by atoms with van der Waals surface area (Å²) in [6, 6.07) is 10.6. The number of phenols is 2. The van der Waals surface area contributed by atoms with Gasteiger partial charge in [0.1, 0.15) is 17.2 Å². The number of allylic oxidation sites excluding steroid dienone is 2. The fourth-order valence-electron chi connectivity index (χ4n) is 2.22. The molecule has 2 rings (SSSR count). The molecule has 0 aliphatic rings. The molecule has 0 atom stereocenters. The van der Waals surface area contributed by atoms with Gasteiger partial charge in [0.05, 0.1) is 7.11 Å². The van der Waals surface area contributed by atoms with Crippen LogP contribution in [0.15, 0.2) is 48.0 Å². The van der Waals surface area contributed by atoms with Crippen molar-refractivity contribution in [2.75, 3.05) is 7.11 Å². The predicted octanol–water partition coefficient (Wildman–Crippen LogP) is 4.79. The summed E-state index contributed by atoms with van der Waals surface area (Å²) in [5, 5.41) is 19.6. The zero-order valence-electron chi connectivity index (χ0n) is 13.7. The molecule has 0 aliphatic heterocycles. The van der Waals surface area contributed by atoms with Gasteiger partial charge in [0.15, 0.2) is 0 Å². The molecular weight excluding hydrogens is 288 g/mol. The van der Waals surface area contributed by atoms with Crippen molar-refractivity contribution >= 4 is 12.2 Å². The van der Waals surface area contributed by atoms with E-state index in [1.54, 1.807) is 25.3 Å². The molecule has 0 aromatic heterocycles. The lowest BCUT2D eigenvalue weighted by atomic mass is 10.0. The molecule has 3 heteroatoms. The molecule has 2 aromatic rings. The van der Waals surface area contributed by atoms with Crippen LogP contribution in [0.2, 0.25) is 0 Å². The Morgan fingerprint density at radius 3 is 2.26 bits per heavy atom. The van der Waals surface area contributed by atoms with Crippen LogP contribution in [-0.4, -0.2) is 17.3 Å². The summed E-state index contributed by atoms with van der Waals surface area (Å²) in [6.07, 6.45) is 6.52. The maximum Gasteiger partial charge on any atom is 0.126 e. The van der Waals surface area contributed by atoms with Gasteiger partial charge in [-0.25, -0.2) is 0 Å². The topological polar surface area (TPSA) is 49.7 Å². The van der Waals surface area contributed by atoms with Gasteiger partial charge in [0, 0.05) is 5.56 Å². The molecule has 0 saturated carbocycles. The minimum atomic E-state index is 0.229. The van der Waals surface area contributed by atoms with Crippen molar-refractivity contribution < 1.29 is 14.9 Å². The van der Waals surface area contributed by atoms with E-state index in [0.717, 1.165) is 16.7 Å². The second kappa shape index (κ2) is 7.54. The maximum atomic E-state index is 10.3. The molecule has 0 fully saturated rings. The molecule has 0 radical (unpaired) electrons. The SMILES string of the molecule is COc1cc(C=Cc2ccc(O)cc2)cc(O)c1CC=C(C)C. The van der Waals surface area contributed by atoms with Crippen LogP contribution in [0.1, 0.15) is 30.5 Å². The second-order valence-electron chi connectivity index (χ2n) is 5.63. The second-order valence-corrected chi connectivity index (χ2v) is 5.63. The van der Waals surface area contributed by atoms with Gasteiger partial charge in [-0.05, 0) is 55.7 Å². The van der Waals surface area contributed by atoms with E-state index in [4.69, 9.17) is 4.74 Å². The van der Waals surface area contributed by atoms with Crippen molar-refractivity contribution in [1.82, 2.24) is 0 Å². The fourth-order valence-corrected chi connectivity index (χ4v) is 2.22. The number of aromatic hydroxyl groups is 2. The molecule has 2 N–H and O–H groups in total. The summed E-state index contributed by atoms with van der Waals surface area (Å²) < 4.78 is 5.41. The van der Waals surface area contributed by atoms with Crippen LogP contribution in [-0.2, 0) is 6.42 Å². The van der Waals surface area contributed by atoms with Gasteiger partial charge in [0.25, 0.3) is 0 Å². The molecule has 0 saturated heterocycles. The minimum Gasteiger partial charge on any atom is -0.508 e. The summed E-state index contributed by atoms with van der Waals surface area (Å²) in [7, 11) is 1.61. The zero-order chi connectivity index (χ0) is 16.8. The highest BCUT2D eigenvalue weighted by molar-refractivity contribution is 5.72. The summed E-state index contributed by atoms with van der Waals surface area (Å²) >= 11 is 0. The van der Waals surface area contributed by atoms with Crippen molar-refractivity contribution in [1.29, 1.82) is 0 Å². The lowest BCUT2D eigenvalue weighted by molar-refractivity contribution is 0.401. The molecule has 0 amide bonds. The molecule has 23 heavy (non-hydrogen) atoms. The molecule has 0 heterocycles. The molecule has 2 aromatic carbocycles. The molecule has 120 valence electrons. The van der Waals surface area contributed by atoms with Crippen LogP contribution < -0.4 is 4.74 Å². The Labute approximate surface area is 137 Å². The lowest BCUT2D eigenvalue weighted by Gasteiger charge is -2.10. The van der Waals surface area contributed by atoms with Gasteiger partial charge < -0.3 is 14.9 Å². The third-order valence-electron chi connectivity index (χ3n) is 3.50. The smallest absolute Gasteiger partial charge is 0.126 e. The molecule has 0 aliphatic carbocycles. The number of ether oxygens (including phenoxy) is 1. The first-order valence-electron chi connectivity index (χ1n) is 7.50. The van der Waals surface area contributed by atoms with Crippen molar-refractivity contribution in [3.63, 3.8) is 0 Å². The van der Waals surface area contributed by atoms with Crippen LogP contribution in [0.4, 0.5) is 0 Å². The van der Waals surface area contributed by atoms with Crippen LogP contribution in [0, 0.1) is 0 Å². The highest BCUT2D eigenvalue weighted by Crippen LogP contribution is 2.31. The number of rotatable bonds is 5. The van der Waals surface area contributed by atoms with Crippen LogP contribution in [0.25, 0.3) is 12.2 Å². The van der Waals surface area contributed by atoms with Crippen molar-refractivity contribution in [3.05, 3.63) is 64.7 Å². The highest BCUT2D eigenvalue weighted by atomic mass is 16.5. The van der Waals surface area contributed by atoms with Crippen molar-refractivity contribution in [2.45, 2.75) is 20.3 Å². The maximum absolute atomic E-state index is 10.3. The number of hydrogen-bond donors (Lipinski definition) is 2. The van der Waals surface area contributed by atoms with E-state index in [-0.39, 0.29) is 11.5 Å². The lowest BCUT2D eigenvalue weighted by Crippen LogP contribution is -1.93. The van der Waals surface area contributed by atoms with Crippen molar-refractivity contribution in [3.8, 4) is 17.2 Å². The fraction of sp³-hybridized carbons (Fsp3) is 0.200. The van der Waals surface area contributed by atoms with Crippen LogP contribution in [0.3, 0.4) is 0 Å². The Morgan fingerprint density at radius 2 is 1.65 bits per heavy atom. The monoisotopic (exact) mass is 310 g/mol. The standard InChI is InChI=1S/C20H22O3/c1-14(2)4-11-18-19(22)12-16(13-20(18)23-3)6-5-15-7-9-17(21)10-8-15/h4-10,12-13,21-22H,11H2,1-3H3. The van der Waals surface area contributed by atoms with Gasteiger partial charge in [-0.3, -0.25) is 0 Å². The van der Waals surface area contributed by atoms with Gasteiger partial charge in [-0.1, -0.05) is 35.9 Å². The van der Waals surface area contributed by atoms with Gasteiger partial charge >= 0.3 is 0 Å². The molecule has 0 spiro atoms.